The second kappa shape index (κ2) is 8.49. The Bertz CT molecular complexity index is 1300. The molecule has 1 saturated heterocycles. The molecule has 1 aliphatic heterocycles. The van der Waals surface area contributed by atoms with Crippen molar-refractivity contribution < 1.29 is 4.74 Å². The second-order valence-corrected chi connectivity index (χ2v) is 9.01. The highest BCUT2D eigenvalue weighted by atomic mass is 32.2. The van der Waals surface area contributed by atoms with Gasteiger partial charge in [-0.1, -0.05) is 42.1 Å². The van der Waals surface area contributed by atoms with Crippen LogP contribution in [0.3, 0.4) is 0 Å². The molecule has 0 aliphatic carbocycles. The number of nitrogens with zero attached hydrogens (tertiary/aromatic N) is 3. The van der Waals surface area contributed by atoms with Crippen LogP contribution in [0.5, 0.6) is 0 Å². The van der Waals surface area contributed by atoms with E-state index in [1.165, 1.54) is 0 Å². The van der Waals surface area contributed by atoms with Crippen molar-refractivity contribution >= 4 is 33.7 Å². The first-order valence-electron chi connectivity index (χ1n) is 10.7. The molecule has 7 heteroatoms. The van der Waals surface area contributed by atoms with Crippen LogP contribution in [0.2, 0.25) is 0 Å². The Morgan fingerprint density at radius 1 is 1.10 bits per heavy atom. The fraction of sp³-hybridized carbons (Fsp3) is 0.333. The van der Waals surface area contributed by atoms with Crippen molar-refractivity contribution in [1.82, 2.24) is 19.4 Å². The van der Waals surface area contributed by atoms with Crippen LogP contribution in [0.25, 0.3) is 27.6 Å². The van der Waals surface area contributed by atoms with Crippen LogP contribution >= 0.6 is 11.8 Å². The molecule has 0 radical (unpaired) electrons. The number of nitrogens with one attached hydrogen (secondary N) is 1. The zero-order valence-corrected chi connectivity index (χ0v) is 18.7. The third-order valence-corrected chi connectivity index (χ3v) is 6.97. The molecule has 1 N–H and O–H groups in total. The number of ether oxygens (including phenoxy) is 1. The highest BCUT2D eigenvalue weighted by Crippen LogP contribution is 2.28. The first-order chi connectivity index (χ1) is 15.1. The lowest BCUT2D eigenvalue weighted by molar-refractivity contribution is 0.0410. The van der Waals surface area contributed by atoms with Gasteiger partial charge in [0.25, 0.3) is 5.56 Å². The molecule has 0 atom stereocenters. The highest BCUT2D eigenvalue weighted by Gasteiger charge is 2.19. The molecular weight excluding hydrogens is 408 g/mol. The fourth-order valence-corrected chi connectivity index (χ4v) is 5.12. The van der Waals surface area contributed by atoms with Gasteiger partial charge in [-0.25, -0.2) is 4.98 Å². The SMILES string of the molecule is Cc1cccc(-n2c(SCCN3CCOCC3)nc3c([nH]c4ccccc43)c2=O)c1C. The number of aromatic amines is 1. The molecule has 0 unspecified atom stereocenters. The van der Waals surface area contributed by atoms with E-state index in [-0.39, 0.29) is 5.56 Å². The van der Waals surface area contributed by atoms with E-state index >= 15 is 0 Å². The van der Waals surface area contributed by atoms with E-state index in [0.29, 0.717) is 5.52 Å². The summed E-state index contributed by atoms with van der Waals surface area (Å²) in [7, 11) is 0. The van der Waals surface area contributed by atoms with Crippen molar-refractivity contribution in [2.75, 3.05) is 38.6 Å². The zero-order chi connectivity index (χ0) is 21.4. The number of fused-ring (bicyclic) bond motifs is 3. The maximum atomic E-state index is 13.7. The minimum atomic E-state index is -0.0521. The van der Waals surface area contributed by atoms with Gasteiger partial charge < -0.3 is 9.72 Å². The van der Waals surface area contributed by atoms with E-state index in [0.717, 1.165) is 77.0 Å². The van der Waals surface area contributed by atoms with Gasteiger partial charge in [0.2, 0.25) is 0 Å². The number of H-pyrrole nitrogens is 1. The Morgan fingerprint density at radius 3 is 2.74 bits per heavy atom. The molecule has 1 aliphatic rings. The van der Waals surface area contributed by atoms with E-state index in [4.69, 9.17) is 9.72 Å². The van der Waals surface area contributed by atoms with E-state index < -0.39 is 0 Å². The molecule has 0 saturated carbocycles. The topological polar surface area (TPSA) is 63.1 Å². The summed E-state index contributed by atoms with van der Waals surface area (Å²) in [6, 6.07) is 14.0. The molecule has 6 nitrogen and oxygen atoms in total. The van der Waals surface area contributed by atoms with E-state index in [1.807, 2.05) is 36.4 Å². The fourth-order valence-electron chi connectivity index (χ4n) is 4.12. The van der Waals surface area contributed by atoms with Crippen molar-refractivity contribution in [1.29, 1.82) is 0 Å². The maximum absolute atomic E-state index is 13.7. The number of thioether (sulfide) groups is 1. The first-order valence-corrected chi connectivity index (χ1v) is 11.6. The molecular formula is C24H26N4O2S. The number of para-hydroxylation sites is 1. The number of hydrogen-bond acceptors (Lipinski definition) is 5. The summed E-state index contributed by atoms with van der Waals surface area (Å²) in [5, 5.41) is 1.72. The summed E-state index contributed by atoms with van der Waals surface area (Å²) < 4.78 is 7.23. The molecule has 0 bridgehead atoms. The van der Waals surface area contributed by atoms with E-state index in [2.05, 4.69) is 29.8 Å². The van der Waals surface area contributed by atoms with Crippen molar-refractivity contribution in [3.8, 4) is 5.69 Å². The quantitative estimate of drug-likeness (QED) is 0.381. The summed E-state index contributed by atoms with van der Waals surface area (Å²) >= 11 is 1.65. The summed E-state index contributed by atoms with van der Waals surface area (Å²) in [5.74, 6) is 0.866. The van der Waals surface area contributed by atoms with Crippen LogP contribution in [0.4, 0.5) is 0 Å². The first kappa shape index (κ1) is 20.3. The molecule has 2 aromatic heterocycles. The molecule has 1 fully saturated rings. The monoisotopic (exact) mass is 434 g/mol. The predicted molar refractivity (Wildman–Crippen MR) is 127 cm³/mol. The Morgan fingerprint density at radius 2 is 1.90 bits per heavy atom. The van der Waals surface area contributed by atoms with Crippen LogP contribution in [0, 0.1) is 13.8 Å². The van der Waals surface area contributed by atoms with E-state index in [9.17, 15) is 4.79 Å². The number of aromatic nitrogens is 3. The zero-order valence-electron chi connectivity index (χ0n) is 17.9. The number of aryl methyl sites for hydroxylation is 1. The number of benzene rings is 2. The summed E-state index contributed by atoms with van der Waals surface area (Å²) in [5.41, 5.74) is 5.33. The molecule has 31 heavy (non-hydrogen) atoms. The van der Waals surface area contributed by atoms with Gasteiger partial charge in [0.15, 0.2) is 5.16 Å². The highest BCUT2D eigenvalue weighted by molar-refractivity contribution is 7.99. The minimum absolute atomic E-state index is 0.0521. The summed E-state index contributed by atoms with van der Waals surface area (Å²) in [6.45, 7) is 8.58. The smallest absolute Gasteiger partial charge is 0.283 e. The van der Waals surface area contributed by atoms with Gasteiger partial charge in [-0.2, -0.15) is 0 Å². The Balaban J connectivity index is 1.62. The average molecular weight is 435 g/mol. The molecule has 160 valence electrons. The summed E-state index contributed by atoms with van der Waals surface area (Å²) in [6.07, 6.45) is 0. The van der Waals surface area contributed by atoms with Crippen molar-refractivity contribution in [3.05, 3.63) is 63.9 Å². The normalized spacial score (nSPS) is 15.2. The lowest BCUT2D eigenvalue weighted by atomic mass is 10.1. The van der Waals surface area contributed by atoms with Crippen LogP contribution in [0.1, 0.15) is 11.1 Å². The van der Waals surface area contributed by atoms with E-state index in [1.54, 1.807) is 16.3 Å². The largest absolute Gasteiger partial charge is 0.379 e. The van der Waals surface area contributed by atoms with Gasteiger partial charge in [0, 0.05) is 36.3 Å². The van der Waals surface area contributed by atoms with Gasteiger partial charge in [0.1, 0.15) is 11.0 Å². The Kier molecular flexibility index (Phi) is 5.56. The third-order valence-electron chi connectivity index (χ3n) is 6.05. The average Bonchev–Trinajstić information content (AvgIpc) is 3.16. The lowest BCUT2D eigenvalue weighted by Crippen LogP contribution is -2.37. The minimum Gasteiger partial charge on any atom is -0.379 e. The molecule has 3 heterocycles. The standard InChI is InChI=1S/C24H26N4O2S/c1-16-6-5-9-20(17(16)2)28-23(29)22-21(18-7-3-4-8-19(18)25-22)26-24(28)31-15-12-27-10-13-30-14-11-27/h3-9,25H,10-15H2,1-2H3. The second-order valence-electron chi connectivity index (χ2n) is 7.95. The molecule has 4 aromatic rings. The number of hydrogen-bond donors (Lipinski definition) is 1. The van der Waals surface area contributed by atoms with Gasteiger partial charge in [-0.3, -0.25) is 14.3 Å². The summed E-state index contributed by atoms with van der Waals surface area (Å²) in [4.78, 5) is 24.4. The molecule has 0 spiro atoms. The van der Waals surface area contributed by atoms with Crippen molar-refractivity contribution in [2.24, 2.45) is 0 Å². The van der Waals surface area contributed by atoms with Crippen LogP contribution in [-0.4, -0.2) is 58.0 Å². The molecule has 5 rings (SSSR count). The maximum Gasteiger partial charge on any atom is 0.283 e. The third kappa shape index (κ3) is 3.78. The molecule has 2 aromatic carbocycles. The number of rotatable bonds is 5. The predicted octanol–water partition coefficient (Wildman–Crippen LogP) is 3.91. The Labute approximate surface area is 185 Å². The molecule has 0 amide bonds. The van der Waals surface area contributed by atoms with Crippen molar-refractivity contribution in [3.63, 3.8) is 0 Å². The Hall–Kier alpha value is -2.61. The lowest BCUT2D eigenvalue weighted by Gasteiger charge is -2.26. The van der Waals surface area contributed by atoms with Crippen molar-refractivity contribution in [2.45, 2.75) is 19.0 Å². The van der Waals surface area contributed by atoms with Gasteiger partial charge in [0.05, 0.1) is 18.9 Å². The van der Waals surface area contributed by atoms with Crippen LogP contribution in [0.15, 0.2) is 52.4 Å². The number of morpholine rings is 1. The van der Waals surface area contributed by atoms with Gasteiger partial charge >= 0.3 is 0 Å². The van der Waals surface area contributed by atoms with Gasteiger partial charge in [-0.05, 0) is 37.1 Å². The van der Waals surface area contributed by atoms with Crippen LogP contribution < -0.4 is 5.56 Å². The van der Waals surface area contributed by atoms with Crippen LogP contribution in [-0.2, 0) is 4.74 Å². The van der Waals surface area contributed by atoms with Gasteiger partial charge in [-0.15, -0.1) is 0 Å².